The van der Waals surface area contributed by atoms with Crippen LogP contribution >= 0.6 is 0 Å². The Hall–Kier alpha value is -0.120. The number of hydrogen-bond donors (Lipinski definition) is 1. The molecule has 1 N–H and O–H groups in total. The standard InChI is InChI=1S/C12H26N2O/c1-4-14(5-2)10-11(3)13-9-12-7-6-8-15-12/h11-13H,4-10H2,1-3H3. The van der Waals surface area contributed by atoms with Gasteiger partial charge in [-0.3, -0.25) is 0 Å². The van der Waals surface area contributed by atoms with E-state index in [1.54, 1.807) is 0 Å². The summed E-state index contributed by atoms with van der Waals surface area (Å²) in [5.74, 6) is 0. The first kappa shape index (κ1) is 12.9. The van der Waals surface area contributed by atoms with Crippen molar-refractivity contribution in [2.75, 3.05) is 32.8 Å². The van der Waals surface area contributed by atoms with Crippen molar-refractivity contribution in [2.24, 2.45) is 0 Å². The van der Waals surface area contributed by atoms with Crippen molar-refractivity contribution in [1.29, 1.82) is 0 Å². The van der Waals surface area contributed by atoms with Crippen molar-refractivity contribution in [3.05, 3.63) is 0 Å². The lowest BCUT2D eigenvalue weighted by Crippen LogP contribution is -2.41. The third-order valence-corrected chi connectivity index (χ3v) is 3.14. The number of nitrogens with one attached hydrogen (secondary N) is 1. The first-order valence-corrected chi connectivity index (χ1v) is 6.33. The zero-order valence-corrected chi connectivity index (χ0v) is 10.5. The molecule has 3 nitrogen and oxygen atoms in total. The van der Waals surface area contributed by atoms with Crippen molar-refractivity contribution >= 4 is 0 Å². The molecule has 15 heavy (non-hydrogen) atoms. The molecule has 0 bridgehead atoms. The SMILES string of the molecule is CCN(CC)CC(C)NCC1CCCO1. The molecule has 90 valence electrons. The molecule has 0 amide bonds. The summed E-state index contributed by atoms with van der Waals surface area (Å²) < 4.78 is 5.58. The van der Waals surface area contributed by atoms with E-state index in [1.165, 1.54) is 12.8 Å². The summed E-state index contributed by atoms with van der Waals surface area (Å²) in [7, 11) is 0. The molecule has 1 fully saturated rings. The molecule has 2 atom stereocenters. The molecule has 3 heteroatoms. The molecule has 0 aromatic rings. The van der Waals surface area contributed by atoms with Crippen LogP contribution in [0.4, 0.5) is 0 Å². The van der Waals surface area contributed by atoms with Crippen LogP contribution in [-0.2, 0) is 4.74 Å². The van der Waals surface area contributed by atoms with E-state index < -0.39 is 0 Å². The fraction of sp³-hybridized carbons (Fsp3) is 1.00. The Balaban J connectivity index is 2.08. The smallest absolute Gasteiger partial charge is 0.0700 e. The summed E-state index contributed by atoms with van der Waals surface area (Å²) in [6.07, 6.45) is 2.92. The third-order valence-electron chi connectivity index (χ3n) is 3.14. The van der Waals surface area contributed by atoms with Crippen LogP contribution in [0.1, 0.15) is 33.6 Å². The lowest BCUT2D eigenvalue weighted by atomic mass is 10.2. The molecular formula is C12H26N2O. The lowest BCUT2D eigenvalue weighted by molar-refractivity contribution is 0.106. The summed E-state index contributed by atoms with van der Waals surface area (Å²) in [5.41, 5.74) is 0. The minimum absolute atomic E-state index is 0.462. The molecule has 1 rings (SSSR count). The maximum Gasteiger partial charge on any atom is 0.0700 e. The maximum absolute atomic E-state index is 5.58. The maximum atomic E-state index is 5.58. The number of ether oxygens (including phenoxy) is 1. The van der Waals surface area contributed by atoms with Crippen LogP contribution in [0.2, 0.25) is 0 Å². The van der Waals surface area contributed by atoms with E-state index in [9.17, 15) is 0 Å². The van der Waals surface area contributed by atoms with Crippen molar-refractivity contribution in [1.82, 2.24) is 10.2 Å². The lowest BCUT2D eigenvalue weighted by Gasteiger charge is -2.24. The highest BCUT2D eigenvalue weighted by Gasteiger charge is 2.16. The molecular weight excluding hydrogens is 188 g/mol. The highest BCUT2D eigenvalue weighted by Crippen LogP contribution is 2.10. The van der Waals surface area contributed by atoms with Crippen molar-refractivity contribution in [3.8, 4) is 0 Å². The second-order valence-corrected chi connectivity index (χ2v) is 4.43. The summed E-state index contributed by atoms with van der Waals surface area (Å²) >= 11 is 0. The van der Waals surface area contributed by atoms with E-state index in [0.717, 1.165) is 32.8 Å². The molecule has 0 radical (unpaired) electrons. The van der Waals surface area contributed by atoms with E-state index in [0.29, 0.717) is 12.1 Å². The van der Waals surface area contributed by atoms with E-state index in [4.69, 9.17) is 4.74 Å². The van der Waals surface area contributed by atoms with E-state index in [-0.39, 0.29) is 0 Å². The monoisotopic (exact) mass is 214 g/mol. The molecule has 0 spiro atoms. The van der Waals surface area contributed by atoms with Gasteiger partial charge in [0.05, 0.1) is 6.10 Å². The number of likely N-dealkylation sites (N-methyl/N-ethyl adjacent to an activating group) is 1. The second kappa shape index (κ2) is 7.20. The van der Waals surface area contributed by atoms with Crippen LogP contribution in [0.25, 0.3) is 0 Å². The van der Waals surface area contributed by atoms with Crippen LogP contribution < -0.4 is 5.32 Å². The van der Waals surface area contributed by atoms with Crippen LogP contribution in [0.15, 0.2) is 0 Å². The van der Waals surface area contributed by atoms with Gasteiger partial charge in [-0.05, 0) is 32.9 Å². The molecule has 1 saturated heterocycles. The molecule has 0 saturated carbocycles. The Morgan fingerprint density at radius 2 is 2.13 bits per heavy atom. The summed E-state index contributed by atoms with van der Waals surface area (Å²) in [5, 5.41) is 3.56. The molecule has 0 aliphatic carbocycles. The van der Waals surface area contributed by atoms with E-state index in [2.05, 4.69) is 31.0 Å². The van der Waals surface area contributed by atoms with Crippen LogP contribution in [0.3, 0.4) is 0 Å². The van der Waals surface area contributed by atoms with Gasteiger partial charge in [0, 0.05) is 25.7 Å². The Bertz CT molecular complexity index is 154. The number of hydrogen-bond acceptors (Lipinski definition) is 3. The predicted octanol–water partition coefficient (Wildman–Crippen LogP) is 1.49. The fourth-order valence-corrected chi connectivity index (χ4v) is 2.07. The summed E-state index contributed by atoms with van der Waals surface area (Å²) in [6.45, 7) is 12.1. The summed E-state index contributed by atoms with van der Waals surface area (Å²) in [6, 6.07) is 0.564. The Labute approximate surface area is 94.2 Å². The van der Waals surface area contributed by atoms with Crippen LogP contribution in [0.5, 0.6) is 0 Å². The van der Waals surface area contributed by atoms with Gasteiger partial charge in [0.25, 0.3) is 0 Å². The second-order valence-electron chi connectivity index (χ2n) is 4.43. The first-order chi connectivity index (χ1) is 7.26. The van der Waals surface area contributed by atoms with Crippen LogP contribution in [-0.4, -0.2) is 49.8 Å². The normalized spacial score (nSPS) is 23.6. The van der Waals surface area contributed by atoms with Gasteiger partial charge in [-0.2, -0.15) is 0 Å². The van der Waals surface area contributed by atoms with Gasteiger partial charge in [0.15, 0.2) is 0 Å². The molecule has 2 unspecified atom stereocenters. The Morgan fingerprint density at radius 3 is 2.67 bits per heavy atom. The van der Waals surface area contributed by atoms with Gasteiger partial charge >= 0.3 is 0 Å². The zero-order chi connectivity index (χ0) is 11.1. The quantitative estimate of drug-likeness (QED) is 0.695. The van der Waals surface area contributed by atoms with Gasteiger partial charge in [-0.1, -0.05) is 13.8 Å². The highest BCUT2D eigenvalue weighted by molar-refractivity contribution is 4.72. The van der Waals surface area contributed by atoms with E-state index in [1.807, 2.05) is 0 Å². The topological polar surface area (TPSA) is 24.5 Å². The molecule has 0 aromatic carbocycles. The average molecular weight is 214 g/mol. The van der Waals surface area contributed by atoms with Gasteiger partial charge < -0.3 is 15.0 Å². The minimum atomic E-state index is 0.462. The third kappa shape index (κ3) is 4.96. The zero-order valence-electron chi connectivity index (χ0n) is 10.5. The molecule has 1 heterocycles. The van der Waals surface area contributed by atoms with E-state index >= 15 is 0 Å². The van der Waals surface area contributed by atoms with Gasteiger partial charge in [0.1, 0.15) is 0 Å². The van der Waals surface area contributed by atoms with Crippen LogP contribution in [0, 0.1) is 0 Å². The van der Waals surface area contributed by atoms with Gasteiger partial charge in [-0.25, -0.2) is 0 Å². The number of rotatable bonds is 7. The molecule has 1 aliphatic rings. The fourth-order valence-electron chi connectivity index (χ4n) is 2.07. The average Bonchev–Trinajstić information content (AvgIpc) is 2.75. The Morgan fingerprint density at radius 1 is 1.40 bits per heavy atom. The first-order valence-electron chi connectivity index (χ1n) is 6.33. The van der Waals surface area contributed by atoms with Gasteiger partial charge in [0.2, 0.25) is 0 Å². The van der Waals surface area contributed by atoms with Crippen molar-refractivity contribution in [2.45, 2.75) is 45.8 Å². The number of nitrogens with zero attached hydrogens (tertiary/aromatic N) is 1. The largest absolute Gasteiger partial charge is 0.377 e. The highest BCUT2D eigenvalue weighted by atomic mass is 16.5. The summed E-state index contributed by atoms with van der Waals surface area (Å²) in [4.78, 5) is 2.45. The Kier molecular flexibility index (Phi) is 6.22. The minimum Gasteiger partial charge on any atom is -0.377 e. The molecule has 1 aliphatic heterocycles. The van der Waals surface area contributed by atoms with Crippen molar-refractivity contribution in [3.63, 3.8) is 0 Å². The predicted molar refractivity (Wildman–Crippen MR) is 64.2 cm³/mol. The van der Waals surface area contributed by atoms with Crippen molar-refractivity contribution < 1.29 is 4.74 Å². The van der Waals surface area contributed by atoms with Gasteiger partial charge in [-0.15, -0.1) is 0 Å². The molecule has 0 aromatic heterocycles.